The van der Waals surface area contributed by atoms with E-state index in [1.54, 1.807) is 0 Å². The maximum Gasteiger partial charge on any atom is 0.0292 e. The lowest BCUT2D eigenvalue weighted by atomic mass is 10.1. The zero-order valence-corrected chi connectivity index (χ0v) is 10.0. The third-order valence-corrected chi connectivity index (χ3v) is 2.67. The molecule has 1 aromatic carbocycles. The summed E-state index contributed by atoms with van der Waals surface area (Å²) in [7, 11) is 0. The molecule has 0 spiro atoms. The first kappa shape index (κ1) is 11.7. The topological polar surface area (TPSA) is 38.0 Å². The second kappa shape index (κ2) is 6.17. The molecule has 0 saturated heterocycles. The number of nitrogens with two attached hydrogens (primary N) is 1. The Bertz CT molecular complexity index is 276. The lowest BCUT2D eigenvalue weighted by molar-refractivity contribution is 0.561. The van der Waals surface area contributed by atoms with Crippen molar-refractivity contribution in [2.45, 2.75) is 19.4 Å². The highest BCUT2D eigenvalue weighted by atomic mass is 79.9. The molecule has 0 aliphatic heterocycles. The highest BCUT2D eigenvalue weighted by Crippen LogP contribution is 2.17. The van der Waals surface area contributed by atoms with Crippen LogP contribution < -0.4 is 11.1 Å². The number of benzene rings is 1. The quantitative estimate of drug-likeness (QED) is 0.795. The molecule has 0 fully saturated rings. The van der Waals surface area contributed by atoms with Gasteiger partial charge < -0.3 is 11.1 Å². The number of rotatable bonds is 5. The molecule has 3 N–H and O–H groups in total. The molecule has 0 radical (unpaired) electrons. The zero-order chi connectivity index (χ0) is 10.4. The first-order valence-corrected chi connectivity index (χ1v) is 5.72. The Balaban J connectivity index is 2.47. The van der Waals surface area contributed by atoms with Crippen molar-refractivity contribution in [2.75, 3.05) is 13.1 Å². The van der Waals surface area contributed by atoms with E-state index in [4.69, 9.17) is 5.73 Å². The van der Waals surface area contributed by atoms with Gasteiger partial charge in [-0.25, -0.2) is 0 Å². The minimum Gasteiger partial charge on any atom is -0.330 e. The second-order valence-corrected chi connectivity index (χ2v) is 4.29. The average molecular weight is 257 g/mol. The summed E-state index contributed by atoms with van der Waals surface area (Å²) >= 11 is 3.46. The molecular formula is C11H17BrN2. The lowest BCUT2D eigenvalue weighted by Crippen LogP contribution is -2.21. The Morgan fingerprint density at radius 2 is 2.29 bits per heavy atom. The summed E-state index contributed by atoms with van der Waals surface area (Å²) in [5.74, 6) is 0. The van der Waals surface area contributed by atoms with Crippen LogP contribution in [0.3, 0.4) is 0 Å². The molecule has 1 aromatic rings. The van der Waals surface area contributed by atoms with Gasteiger partial charge in [-0.1, -0.05) is 28.1 Å². The monoisotopic (exact) mass is 256 g/mol. The fraction of sp³-hybridized carbons (Fsp3) is 0.455. The molecule has 0 heterocycles. The molecule has 0 aliphatic rings. The van der Waals surface area contributed by atoms with Gasteiger partial charge in [-0.15, -0.1) is 0 Å². The van der Waals surface area contributed by atoms with E-state index in [9.17, 15) is 0 Å². The predicted octanol–water partition coefficient (Wildman–Crippen LogP) is 2.45. The number of nitrogens with one attached hydrogen (secondary N) is 1. The van der Waals surface area contributed by atoms with Crippen LogP contribution in [-0.2, 0) is 0 Å². The Kier molecular flexibility index (Phi) is 5.15. The van der Waals surface area contributed by atoms with Crippen molar-refractivity contribution in [3.8, 4) is 0 Å². The molecule has 0 bridgehead atoms. The van der Waals surface area contributed by atoms with Crippen molar-refractivity contribution in [2.24, 2.45) is 5.73 Å². The fourth-order valence-electron chi connectivity index (χ4n) is 1.31. The van der Waals surface area contributed by atoms with Gasteiger partial charge in [0.25, 0.3) is 0 Å². The minimum absolute atomic E-state index is 0.388. The van der Waals surface area contributed by atoms with Gasteiger partial charge >= 0.3 is 0 Å². The lowest BCUT2D eigenvalue weighted by Gasteiger charge is -2.13. The van der Waals surface area contributed by atoms with E-state index in [0.29, 0.717) is 6.04 Å². The summed E-state index contributed by atoms with van der Waals surface area (Å²) in [5.41, 5.74) is 6.73. The van der Waals surface area contributed by atoms with Gasteiger partial charge in [0.15, 0.2) is 0 Å². The van der Waals surface area contributed by atoms with E-state index in [1.165, 1.54) is 5.56 Å². The molecule has 3 heteroatoms. The summed E-state index contributed by atoms with van der Waals surface area (Å²) in [6, 6.07) is 8.75. The summed E-state index contributed by atoms with van der Waals surface area (Å²) < 4.78 is 1.13. The highest BCUT2D eigenvalue weighted by molar-refractivity contribution is 9.10. The average Bonchev–Trinajstić information content (AvgIpc) is 2.18. The summed E-state index contributed by atoms with van der Waals surface area (Å²) in [6.07, 6.45) is 1.03. The third-order valence-electron chi connectivity index (χ3n) is 2.18. The summed E-state index contributed by atoms with van der Waals surface area (Å²) in [5, 5.41) is 3.43. The molecule has 0 saturated carbocycles. The smallest absolute Gasteiger partial charge is 0.0292 e. The van der Waals surface area contributed by atoms with E-state index in [0.717, 1.165) is 24.0 Å². The van der Waals surface area contributed by atoms with Crippen molar-refractivity contribution in [1.82, 2.24) is 5.32 Å². The Morgan fingerprint density at radius 1 is 1.50 bits per heavy atom. The van der Waals surface area contributed by atoms with Crippen LogP contribution in [0, 0.1) is 0 Å². The molecule has 1 atom stereocenters. The molecule has 0 aliphatic carbocycles. The molecular weight excluding hydrogens is 240 g/mol. The van der Waals surface area contributed by atoms with Crippen molar-refractivity contribution < 1.29 is 0 Å². The van der Waals surface area contributed by atoms with Gasteiger partial charge in [0, 0.05) is 10.5 Å². The van der Waals surface area contributed by atoms with Crippen molar-refractivity contribution >= 4 is 15.9 Å². The minimum atomic E-state index is 0.388. The normalized spacial score (nSPS) is 12.8. The zero-order valence-electron chi connectivity index (χ0n) is 8.46. The molecule has 78 valence electrons. The van der Waals surface area contributed by atoms with E-state index in [-0.39, 0.29) is 0 Å². The first-order valence-electron chi connectivity index (χ1n) is 4.93. The molecule has 14 heavy (non-hydrogen) atoms. The summed E-state index contributed by atoms with van der Waals surface area (Å²) in [6.45, 7) is 3.89. The SMILES string of the molecule is CC(NCCCN)c1cccc(Br)c1. The summed E-state index contributed by atoms with van der Waals surface area (Å²) in [4.78, 5) is 0. The second-order valence-electron chi connectivity index (χ2n) is 3.37. The number of hydrogen-bond acceptors (Lipinski definition) is 2. The molecule has 0 aromatic heterocycles. The van der Waals surface area contributed by atoms with Gasteiger partial charge in [-0.05, 0) is 44.1 Å². The molecule has 2 nitrogen and oxygen atoms in total. The van der Waals surface area contributed by atoms with E-state index >= 15 is 0 Å². The van der Waals surface area contributed by atoms with E-state index in [1.807, 2.05) is 6.07 Å². The first-order chi connectivity index (χ1) is 6.74. The molecule has 1 unspecified atom stereocenters. The number of hydrogen-bond donors (Lipinski definition) is 2. The van der Waals surface area contributed by atoms with Crippen molar-refractivity contribution in [3.63, 3.8) is 0 Å². The van der Waals surface area contributed by atoms with Gasteiger partial charge in [0.1, 0.15) is 0 Å². The van der Waals surface area contributed by atoms with Gasteiger partial charge in [-0.2, -0.15) is 0 Å². The maximum atomic E-state index is 5.43. The Hall–Kier alpha value is -0.380. The van der Waals surface area contributed by atoms with Crippen LogP contribution in [0.2, 0.25) is 0 Å². The van der Waals surface area contributed by atoms with E-state index in [2.05, 4.69) is 46.4 Å². The van der Waals surface area contributed by atoms with Gasteiger partial charge in [0.05, 0.1) is 0 Å². The Labute approximate surface area is 94.0 Å². The van der Waals surface area contributed by atoms with Crippen LogP contribution in [0.25, 0.3) is 0 Å². The van der Waals surface area contributed by atoms with Crippen LogP contribution in [0.1, 0.15) is 24.9 Å². The Morgan fingerprint density at radius 3 is 2.93 bits per heavy atom. The van der Waals surface area contributed by atoms with Crippen LogP contribution in [0.15, 0.2) is 28.7 Å². The third kappa shape index (κ3) is 3.78. The van der Waals surface area contributed by atoms with E-state index < -0.39 is 0 Å². The standard InChI is InChI=1S/C11H17BrN2/c1-9(14-7-3-6-13)10-4-2-5-11(12)8-10/h2,4-5,8-9,14H,3,6-7,13H2,1H3. The van der Waals surface area contributed by atoms with Crippen LogP contribution in [-0.4, -0.2) is 13.1 Å². The predicted molar refractivity (Wildman–Crippen MR) is 64.2 cm³/mol. The number of halogens is 1. The van der Waals surface area contributed by atoms with Gasteiger partial charge in [-0.3, -0.25) is 0 Å². The van der Waals surface area contributed by atoms with Gasteiger partial charge in [0.2, 0.25) is 0 Å². The fourth-order valence-corrected chi connectivity index (χ4v) is 1.73. The van der Waals surface area contributed by atoms with Crippen LogP contribution >= 0.6 is 15.9 Å². The largest absolute Gasteiger partial charge is 0.330 e. The molecule has 1 rings (SSSR count). The highest BCUT2D eigenvalue weighted by Gasteiger charge is 2.03. The maximum absolute atomic E-state index is 5.43. The van der Waals surface area contributed by atoms with Crippen molar-refractivity contribution in [1.29, 1.82) is 0 Å². The van der Waals surface area contributed by atoms with Crippen LogP contribution in [0.5, 0.6) is 0 Å². The molecule has 0 amide bonds. The van der Waals surface area contributed by atoms with Crippen molar-refractivity contribution in [3.05, 3.63) is 34.3 Å². The van der Waals surface area contributed by atoms with Crippen LogP contribution in [0.4, 0.5) is 0 Å².